The molecule has 0 saturated carbocycles. The fourth-order valence-corrected chi connectivity index (χ4v) is 4.00. The number of carbonyl (C=O) groups excluding carboxylic acids is 1. The Kier molecular flexibility index (Phi) is 7.64. The molecule has 2 aromatic heterocycles. The molecule has 0 aliphatic rings. The quantitative estimate of drug-likeness (QED) is 0.197. The van der Waals surface area contributed by atoms with Gasteiger partial charge < -0.3 is 15.8 Å². The highest BCUT2D eigenvalue weighted by atomic mass is 35.5. The number of hydrazone groups is 1. The first kappa shape index (κ1) is 23.1. The minimum Gasteiger partial charge on any atom is -0.449 e. The minimum atomic E-state index is -0.644. The summed E-state index contributed by atoms with van der Waals surface area (Å²) in [6, 6.07) is 20.4. The van der Waals surface area contributed by atoms with Crippen LogP contribution >= 0.6 is 23.7 Å². The van der Waals surface area contributed by atoms with E-state index in [1.165, 1.54) is 16.9 Å². The van der Waals surface area contributed by atoms with Gasteiger partial charge >= 0.3 is 6.09 Å². The number of benzene rings is 2. The lowest BCUT2D eigenvalue weighted by Crippen LogP contribution is -2.24. The van der Waals surface area contributed by atoms with Crippen molar-refractivity contribution in [1.29, 1.82) is 0 Å². The molecular formula is C23H22ClN5O2S. The minimum absolute atomic E-state index is 0. The van der Waals surface area contributed by atoms with Gasteiger partial charge in [0.05, 0.1) is 28.1 Å². The number of thiophene rings is 1. The lowest BCUT2D eigenvalue weighted by Gasteiger charge is -2.08. The maximum atomic E-state index is 11.4. The van der Waals surface area contributed by atoms with E-state index in [2.05, 4.69) is 45.1 Å². The van der Waals surface area contributed by atoms with Crippen LogP contribution in [0.3, 0.4) is 0 Å². The number of ether oxygens (including phenoxy) is 1. The van der Waals surface area contributed by atoms with Gasteiger partial charge in [-0.2, -0.15) is 5.10 Å². The first-order valence-electron chi connectivity index (χ1n) is 9.70. The van der Waals surface area contributed by atoms with Crippen LogP contribution in [0, 0.1) is 0 Å². The Balaban J connectivity index is 0.00000289. The standard InChI is InChI=1S/C23H21N5O2S.ClH/c1-2-30-23(29)28-27-22(24)20-12-18-19(13-25-14-21(18)31-20)26-17-10-8-16(9-11-17)15-6-4-3-5-7-15;/h3-14,26H,2H2,1H3,(H2,24,27)(H,28,29);1H. The Hall–Kier alpha value is -3.62. The highest BCUT2D eigenvalue weighted by Crippen LogP contribution is 2.32. The molecule has 4 rings (SSSR count). The van der Waals surface area contributed by atoms with Crippen LogP contribution < -0.4 is 16.5 Å². The summed E-state index contributed by atoms with van der Waals surface area (Å²) in [4.78, 5) is 16.5. The van der Waals surface area contributed by atoms with Gasteiger partial charge in [-0.05, 0) is 36.2 Å². The number of amides is 1. The zero-order chi connectivity index (χ0) is 21.6. The van der Waals surface area contributed by atoms with Crippen molar-refractivity contribution in [3.05, 3.63) is 77.9 Å². The number of aromatic nitrogens is 1. The molecule has 4 aromatic rings. The summed E-state index contributed by atoms with van der Waals surface area (Å²) < 4.78 is 5.73. The second kappa shape index (κ2) is 10.6. The third-order valence-electron chi connectivity index (χ3n) is 4.51. The van der Waals surface area contributed by atoms with Gasteiger partial charge in [0.1, 0.15) is 0 Å². The summed E-state index contributed by atoms with van der Waals surface area (Å²) >= 11 is 1.44. The number of nitrogens with two attached hydrogens (primary N) is 1. The SMILES string of the molecule is CCOC(=O)NN=C(N)c1cc2c(Nc3ccc(-c4ccccc4)cc3)cncc2s1.Cl. The Morgan fingerprint density at radius 1 is 1.09 bits per heavy atom. The molecule has 32 heavy (non-hydrogen) atoms. The first-order chi connectivity index (χ1) is 15.1. The van der Waals surface area contributed by atoms with Crippen molar-refractivity contribution < 1.29 is 9.53 Å². The Bertz CT molecular complexity index is 1230. The predicted octanol–water partition coefficient (Wildman–Crippen LogP) is 5.50. The zero-order valence-electron chi connectivity index (χ0n) is 17.2. The van der Waals surface area contributed by atoms with Gasteiger partial charge in [-0.25, -0.2) is 10.2 Å². The average molecular weight is 468 g/mol. The molecule has 4 N–H and O–H groups in total. The molecule has 0 radical (unpaired) electrons. The number of nitrogens with one attached hydrogen (secondary N) is 2. The molecule has 164 valence electrons. The maximum absolute atomic E-state index is 11.4. The number of rotatable bonds is 6. The third-order valence-corrected chi connectivity index (χ3v) is 5.61. The number of hydrogen-bond acceptors (Lipinski definition) is 6. The summed E-state index contributed by atoms with van der Waals surface area (Å²) in [6.45, 7) is 1.98. The highest BCUT2D eigenvalue weighted by Gasteiger charge is 2.11. The van der Waals surface area contributed by atoms with Gasteiger partial charge in [-0.1, -0.05) is 42.5 Å². The predicted molar refractivity (Wildman–Crippen MR) is 133 cm³/mol. The number of fused-ring (bicyclic) bond motifs is 1. The third kappa shape index (κ3) is 5.35. The molecule has 0 atom stereocenters. The summed E-state index contributed by atoms with van der Waals surface area (Å²) in [7, 11) is 0. The number of nitrogens with zero attached hydrogens (tertiary/aromatic N) is 2. The van der Waals surface area contributed by atoms with E-state index in [-0.39, 0.29) is 24.8 Å². The Morgan fingerprint density at radius 3 is 2.53 bits per heavy atom. The first-order valence-corrected chi connectivity index (χ1v) is 10.5. The lowest BCUT2D eigenvalue weighted by molar-refractivity contribution is 0.152. The summed E-state index contributed by atoms with van der Waals surface area (Å²) in [6.07, 6.45) is 2.91. The van der Waals surface area contributed by atoms with Crippen LogP contribution in [0.15, 0.2) is 78.2 Å². The number of carbonyl (C=O) groups is 1. The van der Waals surface area contributed by atoms with E-state index in [9.17, 15) is 4.79 Å². The van der Waals surface area contributed by atoms with Crippen molar-refractivity contribution >= 4 is 57.1 Å². The fraction of sp³-hybridized carbons (Fsp3) is 0.0870. The zero-order valence-corrected chi connectivity index (χ0v) is 18.9. The molecule has 0 aliphatic heterocycles. The molecule has 0 unspecified atom stereocenters. The van der Waals surface area contributed by atoms with Crippen LogP contribution in [0.5, 0.6) is 0 Å². The summed E-state index contributed by atoms with van der Waals surface area (Å²) in [5.41, 5.74) is 12.4. The Morgan fingerprint density at radius 2 is 1.81 bits per heavy atom. The number of amidine groups is 1. The van der Waals surface area contributed by atoms with E-state index < -0.39 is 6.09 Å². The van der Waals surface area contributed by atoms with Gasteiger partial charge in [0.2, 0.25) is 0 Å². The average Bonchev–Trinajstić information content (AvgIpc) is 3.24. The normalized spacial score (nSPS) is 11.0. The second-order valence-corrected chi connectivity index (χ2v) is 7.69. The largest absolute Gasteiger partial charge is 0.449 e. The number of hydrogen-bond donors (Lipinski definition) is 3. The van der Waals surface area contributed by atoms with Gasteiger partial charge in [0.25, 0.3) is 0 Å². The molecule has 2 aromatic carbocycles. The topological polar surface area (TPSA) is 102 Å². The molecule has 2 heterocycles. The molecule has 0 saturated heterocycles. The molecule has 0 spiro atoms. The van der Waals surface area contributed by atoms with Crippen molar-refractivity contribution in [1.82, 2.24) is 10.4 Å². The highest BCUT2D eigenvalue weighted by molar-refractivity contribution is 7.21. The smallest absolute Gasteiger partial charge is 0.427 e. The Labute approximate surface area is 195 Å². The number of anilines is 2. The molecule has 0 bridgehead atoms. The van der Waals surface area contributed by atoms with Crippen LogP contribution in [0.2, 0.25) is 0 Å². The van der Waals surface area contributed by atoms with Crippen molar-refractivity contribution in [2.75, 3.05) is 11.9 Å². The van der Waals surface area contributed by atoms with Crippen LogP contribution in [-0.4, -0.2) is 23.5 Å². The molecule has 1 amide bonds. The number of pyridine rings is 1. The molecule has 0 fully saturated rings. The maximum Gasteiger partial charge on any atom is 0.427 e. The monoisotopic (exact) mass is 467 g/mol. The molecule has 7 nitrogen and oxygen atoms in total. The lowest BCUT2D eigenvalue weighted by atomic mass is 10.1. The van der Waals surface area contributed by atoms with Crippen molar-refractivity contribution in [2.45, 2.75) is 6.92 Å². The van der Waals surface area contributed by atoms with Crippen molar-refractivity contribution in [2.24, 2.45) is 10.8 Å². The van der Waals surface area contributed by atoms with Crippen LogP contribution in [0.4, 0.5) is 16.2 Å². The van der Waals surface area contributed by atoms with Gasteiger partial charge in [0, 0.05) is 17.3 Å². The van der Waals surface area contributed by atoms with Gasteiger partial charge in [0.15, 0.2) is 5.84 Å². The van der Waals surface area contributed by atoms with Crippen LogP contribution in [-0.2, 0) is 4.74 Å². The molecule has 0 aliphatic carbocycles. The van der Waals surface area contributed by atoms with Crippen molar-refractivity contribution in [3.8, 4) is 11.1 Å². The number of halogens is 1. The van der Waals surface area contributed by atoms with Gasteiger partial charge in [-0.15, -0.1) is 23.7 Å². The second-order valence-electron chi connectivity index (χ2n) is 6.61. The van der Waals surface area contributed by atoms with Gasteiger partial charge in [-0.3, -0.25) is 4.98 Å². The van der Waals surface area contributed by atoms with E-state index in [0.717, 1.165) is 31.9 Å². The van der Waals surface area contributed by atoms with E-state index in [0.29, 0.717) is 0 Å². The van der Waals surface area contributed by atoms with E-state index in [4.69, 9.17) is 10.5 Å². The van der Waals surface area contributed by atoms with E-state index in [1.807, 2.05) is 36.4 Å². The summed E-state index contributed by atoms with van der Waals surface area (Å²) in [5.74, 6) is 0.201. The fourth-order valence-electron chi connectivity index (χ4n) is 3.04. The van der Waals surface area contributed by atoms with Crippen molar-refractivity contribution in [3.63, 3.8) is 0 Å². The van der Waals surface area contributed by atoms with Crippen LogP contribution in [0.25, 0.3) is 21.2 Å². The van der Waals surface area contributed by atoms with E-state index in [1.54, 1.807) is 19.3 Å². The summed E-state index contributed by atoms with van der Waals surface area (Å²) in [5, 5.41) is 8.29. The van der Waals surface area contributed by atoms with Crippen LogP contribution in [0.1, 0.15) is 11.8 Å². The van der Waals surface area contributed by atoms with E-state index >= 15 is 0 Å². The molecule has 9 heteroatoms. The molecular weight excluding hydrogens is 446 g/mol.